The van der Waals surface area contributed by atoms with Gasteiger partial charge in [-0.05, 0) is 37.6 Å². The van der Waals surface area contributed by atoms with E-state index in [1.54, 1.807) is 14.2 Å². The molecule has 1 aliphatic carbocycles. The van der Waals surface area contributed by atoms with E-state index in [9.17, 15) is 12.8 Å². The second kappa shape index (κ2) is 6.17. The SMILES string of the molecule is CNCc1ccc(F)cc1S(=O)(=O)NC1CC(OC)C1. The predicted octanol–water partition coefficient (Wildman–Crippen LogP) is 1.00. The summed E-state index contributed by atoms with van der Waals surface area (Å²) in [5.74, 6) is -0.561. The van der Waals surface area contributed by atoms with E-state index in [2.05, 4.69) is 10.0 Å². The van der Waals surface area contributed by atoms with Gasteiger partial charge in [0.05, 0.1) is 11.0 Å². The van der Waals surface area contributed by atoms with Crippen LogP contribution in [0.4, 0.5) is 4.39 Å². The molecular weight excluding hydrogens is 283 g/mol. The van der Waals surface area contributed by atoms with Crippen molar-refractivity contribution >= 4 is 10.0 Å². The molecule has 0 bridgehead atoms. The highest BCUT2D eigenvalue weighted by atomic mass is 32.2. The van der Waals surface area contributed by atoms with Crippen LogP contribution in [-0.4, -0.2) is 34.7 Å². The Hall–Kier alpha value is -1.02. The smallest absolute Gasteiger partial charge is 0.241 e. The lowest BCUT2D eigenvalue weighted by molar-refractivity contribution is 0.0236. The quantitative estimate of drug-likeness (QED) is 0.823. The van der Waals surface area contributed by atoms with Gasteiger partial charge >= 0.3 is 0 Å². The third-order valence-corrected chi connectivity index (χ3v) is 5.04. The zero-order chi connectivity index (χ0) is 14.8. The van der Waals surface area contributed by atoms with Crippen LogP contribution in [0, 0.1) is 5.82 Å². The first-order valence-corrected chi connectivity index (χ1v) is 7.92. The molecule has 1 aliphatic rings. The van der Waals surface area contributed by atoms with E-state index in [1.807, 2.05) is 0 Å². The van der Waals surface area contributed by atoms with Crippen molar-refractivity contribution in [1.29, 1.82) is 0 Å². The summed E-state index contributed by atoms with van der Waals surface area (Å²) in [6.45, 7) is 0.363. The fourth-order valence-electron chi connectivity index (χ4n) is 2.25. The fraction of sp³-hybridized carbons (Fsp3) is 0.538. The second-order valence-corrected chi connectivity index (χ2v) is 6.61. The number of sulfonamides is 1. The molecule has 0 aromatic heterocycles. The summed E-state index contributed by atoms with van der Waals surface area (Å²) >= 11 is 0. The van der Waals surface area contributed by atoms with Crippen molar-refractivity contribution in [3.63, 3.8) is 0 Å². The summed E-state index contributed by atoms with van der Waals surface area (Å²) < 4.78 is 45.7. The maximum Gasteiger partial charge on any atom is 0.241 e. The van der Waals surface area contributed by atoms with Crippen LogP contribution in [0.1, 0.15) is 18.4 Å². The molecule has 0 spiro atoms. The molecule has 0 aliphatic heterocycles. The molecule has 0 amide bonds. The highest BCUT2D eigenvalue weighted by Crippen LogP contribution is 2.25. The molecule has 0 saturated heterocycles. The lowest BCUT2D eigenvalue weighted by atomic mass is 9.90. The zero-order valence-electron chi connectivity index (χ0n) is 11.5. The van der Waals surface area contributed by atoms with Gasteiger partial charge in [0, 0.05) is 19.7 Å². The molecule has 0 unspecified atom stereocenters. The Labute approximate surface area is 118 Å². The number of hydrogen-bond acceptors (Lipinski definition) is 4. The van der Waals surface area contributed by atoms with E-state index in [-0.39, 0.29) is 17.0 Å². The summed E-state index contributed by atoms with van der Waals surface area (Å²) in [5, 5.41) is 2.88. The molecule has 0 radical (unpaired) electrons. The minimum atomic E-state index is -3.71. The van der Waals surface area contributed by atoms with E-state index in [0.29, 0.717) is 24.9 Å². The molecule has 0 atom stereocenters. The Kier molecular flexibility index (Phi) is 4.74. The maximum absolute atomic E-state index is 13.3. The average Bonchev–Trinajstić information content (AvgIpc) is 2.35. The van der Waals surface area contributed by atoms with Crippen LogP contribution in [-0.2, 0) is 21.3 Å². The topological polar surface area (TPSA) is 67.4 Å². The minimum Gasteiger partial charge on any atom is -0.381 e. The van der Waals surface area contributed by atoms with Crippen LogP contribution in [0.2, 0.25) is 0 Å². The lowest BCUT2D eigenvalue weighted by Gasteiger charge is -2.34. The molecule has 1 saturated carbocycles. The number of benzene rings is 1. The summed E-state index contributed by atoms with van der Waals surface area (Å²) in [6.07, 6.45) is 1.39. The number of methoxy groups -OCH3 is 1. The third-order valence-electron chi connectivity index (χ3n) is 3.44. The molecule has 0 heterocycles. The molecule has 1 aromatic rings. The number of hydrogen-bond donors (Lipinski definition) is 2. The molecule has 2 rings (SSSR count). The van der Waals surface area contributed by atoms with Crippen molar-refractivity contribution in [1.82, 2.24) is 10.0 Å². The summed E-state index contributed by atoms with van der Waals surface area (Å²) in [6, 6.07) is 3.66. The number of halogens is 1. The van der Waals surface area contributed by atoms with Gasteiger partial charge in [0.1, 0.15) is 5.82 Å². The first-order chi connectivity index (χ1) is 9.46. The third kappa shape index (κ3) is 3.35. The molecule has 5 nitrogen and oxygen atoms in total. The van der Waals surface area contributed by atoms with Crippen LogP contribution in [0.25, 0.3) is 0 Å². The van der Waals surface area contributed by atoms with Crippen molar-refractivity contribution in [3.05, 3.63) is 29.6 Å². The van der Waals surface area contributed by atoms with Gasteiger partial charge in [-0.2, -0.15) is 0 Å². The minimum absolute atomic E-state index is 0.00674. The lowest BCUT2D eigenvalue weighted by Crippen LogP contribution is -2.47. The molecule has 2 N–H and O–H groups in total. The zero-order valence-corrected chi connectivity index (χ0v) is 12.3. The Morgan fingerprint density at radius 3 is 2.70 bits per heavy atom. The van der Waals surface area contributed by atoms with Crippen LogP contribution in [0.15, 0.2) is 23.1 Å². The number of ether oxygens (including phenoxy) is 1. The Morgan fingerprint density at radius 1 is 1.40 bits per heavy atom. The molecule has 7 heteroatoms. The maximum atomic E-state index is 13.3. The molecular formula is C13H19FN2O3S. The first kappa shape index (κ1) is 15.4. The van der Waals surface area contributed by atoms with Gasteiger partial charge < -0.3 is 10.1 Å². The van der Waals surface area contributed by atoms with Gasteiger partial charge in [-0.1, -0.05) is 6.07 Å². The van der Waals surface area contributed by atoms with Gasteiger partial charge in [-0.25, -0.2) is 17.5 Å². The van der Waals surface area contributed by atoms with Crippen LogP contribution in [0.5, 0.6) is 0 Å². The van der Waals surface area contributed by atoms with E-state index in [4.69, 9.17) is 4.74 Å². The highest BCUT2D eigenvalue weighted by molar-refractivity contribution is 7.89. The van der Waals surface area contributed by atoms with Gasteiger partial charge in [0.25, 0.3) is 0 Å². The van der Waals surface area contributed by atoms with Crippen molar-refractivity contribution < 1.29 is 17.5 Å². The predicted molar refractivity (Wildman–Crippen MR) is 73.3 cm³/mol. The average molecular weight is 302 g/mol. The van der Waals surface area contributed by atoms with Crippen molar-refractivity contribution in [2.45, 2.75) is 36.4 Å². The van der Waals surface area contributed by atoms with Gasteiger partial charge in [-0.15, -0.1) is 0 Å². The van der Waals surface area contributed by atoms with E-state index in [0.717, 1.165) is 6.07 Å². The molecule has 1 fully saturated rings. The largest absolute Gasteiger partial charge is 0.381 e. The van der Waals surface area contributed by atoms with Crippen LogP contribution >= 0.6 is 0 Å². The number of nitrogens with one attached hydrogen (secondary N) is 2. The van der Waals surface area contributed by atoms with E-state index < -0.39 is 15.8 Å². The second-order valence-electron chi connectivity index (χ2n) is 4.93. The van der Waals surface area contributed by atoms with Gasteiger partial charge in [0.15, 0.2) is 0 Å². The van der Waals surface area contributed by atoms with Gasteiger partial charge in [0.2, 0.25) is 10.0 Å². The Balaban J connectivity index is 2.18. The highest BCUT2D eigenvalue weighted by Gasteiger charge is 2.33. The number of rotatable bonds is 6. The Morgan fingerprint density at radius 2 is 2.10 bits per heavy atom. The summed E-state index contributed by atoms with van der Waals surface area (Å²) in [7, 11) is -0.398. The van der Waals surface area contributed by atoms with Crippen molar-refractivity contribution in [2.75, 3.05) is 14.2 Å². The van der Waals surface area contributed by atoms with Crippen molar-refractivity contribution in [2.24, 2.45) is 0 Å². The molecule has 1 aromatic carbocycles. The van der Waals surface area contributed by atoms with Gasteiger partial charge in [-0.3, -0.25) is 0 Å². The molecule has 112 valence electrons. The van der Waals surface area contributed by atoms with Crippen LogP contribution in [0.3, 0.4) is 0 Å². The summed E-state index contributed by atoms with van der Waals surface area (Å²) in [5.41, 5.74) is 0.545. The Bertz CT molecular complexity index is 571. The normalized spacial score (nSPS) is 22.6. The fourth-order valence-corrected chi connectivity index (χ4v) is 3.76. The monoisotopic (exact) mass is 302 g/mol. The summed E-state index contributed by atoms with van der Waals surface area (Å²) in [4.78, 5) is -0.00674. The standard InChI is InChI=1S/C13H19FN2O3S/c1-15-8-9-3-4-10(14)5-13(9)20(17,18)16-11-6-12(7-11)19-2/h3-5,11-12,15-16H,6-8H2,1-2H3. The van der Waals surface area contributed by atoms with Crippen molar-refractivity contribution in [3.8, 4) is 0 Å². The van der Waals surface area contributed by atoms with E-state index >= 15 is 0 Å². The first-order valence-electron chi connectivity index (χ1n) is 6.44. The molecule has 20 heavy (non-hydrogen) atoms. The van der Waals surface area contributed by atoms with E-state index in [1.165, 1.54) is 12.1 Å². The van der Waals surface area contributed by atoms with Crippen LogP contribution < -0.4 is 10.0 Å².